The number of carbonyl (C=O) groups excluding carboxylic acids is 2. The van der Waals surface area contributed by atoms with Gasteiger partial charge in [-0.25, -0.2) is 4.79 Å². The van der Waals surface area contributed by atoms with Gasteiger partial charge >= 0.3 is 11.9 Å². The molecule has 7 nitrogen and oxygen atoms in total. The summed E-state index contributed by atoms with van der Waals surface area (Å²) in [5, 5.41) is 7.33. The first-order valence-electron chi connectivity index (χ1n) is 16.8. The summed E-state index contributed by atoms with van der Waals surface area (Å²) in [7, 11) is 0. The number of nitrogens with one attached hydrogen (secondary N) is 2. The maximum atomic E-state index is 13.2. The van der Waals surface area contributed by atoms with Gasteiger partial charge in [-0.1, -0.05) is 0 Å². The zero-order valence-electron chi connectivity index (χ0n) is 27.6. The molecule has 0 amide bonds. The minimum absolute atomic E-state index is 0.00532. The summed E-state index contributed by atoms with van der Waals surface area (Å²) in [5.41, 5.74) is 0.501. The van der Waals surface area contributed by atoms with Crippen molar-refractivity contribution in [2.45, 2.75) is 173 Å². The van der Waals surface area contributed by atoms with E-state index in [0.29, 0.717) is 23.3 Å². The van der Waals surface area contributed by atoms with Gasteiger partial charge in [-0.15, -0.1) is 0 Å². The highest BCUT2D eigenvalue weighted by Gasteiger charge is 2.44. The van der Waals surface area contributed by atoms with Gasteiger partial charge in [0.25, 0.3) is 0 Å². The molecule has 3 aliphatic heterocycles. The Labute approximate surface area is 254 Å². The lowest BCUT2D eigenvalue weighted by Gasteiger charge is -2.47. The van der Waals surface area contributed by atoms with Crippen LogP contribution in [0.4, 0.5) is 0 Å². The number of hydrogen-bond acceptors (Lipinski definition) is 7. The van der Waals surface area contributed by atoms with Crippen molar-refractivity contribution in [2.24, 2.45) is 23.7 Å². The molecule has 4 fully saturated rings. The molecule has 0 radical (unpaired) electrons. The van der Waals surface area contributed by atoms with Crippen molar-refractivity contribution < 1.29 is 23.8 Å². The van der Waals surface area contributed by atoms with E-state index in [4.69, 9.17) is 14.2 Å². The summed E-state index contributed by atoms with van der Waals surface area (Å²) < 4.78 is 18.4. The van der Waals surface area contributed by atoms with Crippen LogP contribution in [0.1, 0.15) is 132 Å². The molecule has 2 aliphatic carbocycles. The van der Waals surface area contributed by atoms with Gasteiger partial charge in [0.1, 0.15) is 18.3 Å². The first-order chi connectivity index (χ1) is 19.5. The number of ether oxygens (including phenoxy) is 3. The smallest absolute Gasteiger partial charge is 0.337 e. The summed E-state index contributed by atoms with van der Waals surface area (Å²) in [5.74, 6) is 1.66. The maximum absolute atomic E-state index is 13.2. The third kappa shape index (κ3) is 7.91. The molecular formula is C35H58N2O5. The monoisotopic (exact) mass is 586 g/mol. The van der Waals surface area contributed by atoms with Crippen molar-refractivity contribution in [3.05, 3.63) is 11.8 Å². The molecule has 2 N–H and O–H groups in total. The predicted octanol–water partition coefficient (Wildman–Crippen LogP) is 6.59. The van der Waals surface area contributed by atoms with Crippen LogP contribution in [-0.2, 0) is 23.8 Å². The lowest BCUT2D eigenvalue weighted by atomic mass is 9.63. The zero-order chi connectivity index (χ0) is 30.5. The number of hydrogen-bond donors (Lipinski definition) is 2. The van der Waals surface area contributed by atoms with E-state index in [2.05, 4.69) is 66.0 Å². The molecule has 0 aromatic rings. The summed E-state index contributed by atoms with van der Waals surface area (Å²) >= 11 is 0. The Morgan fingerprint density at radius 2 is 1.19 bits per heavy atom. The van der Waals surface area contributed by atoms with E-state index in [1.165, 1.54) is 6.42 Å². The summed E-state index contributed by atoms with van der Waals surface area (Å²) in [6.45, 7) is 17.5. The van der Waals surface area contributed by atoms with Gasteiger partial charge < -0.3 is 24.8 Å². The predicted molar refractivity (Wildman–Crippen MR) is 165 cm³/mol. The van der Waals surface area contributed by atoms with E-state index in [-0.39, 0.29) is 58.3 Å². The summed E-state index contributed by atoms with van der Waals surface area (Å²) in [4.78, 5) is 26.2. The lowest BCUT2D eigenvalue weighted by Crippen LogP contribution is -2.60. The molecule has 7 heteroatoms. The number of piperidine rings is 2. The van der Waals surface area contributed by atoms with E-state index in [1.54, 1.807) is 6.26 Å². The molecule has 0 bridgehead atoms. The van der Waals surface area contributed by atoms with Crippen LogP contribution in [0.15, 0.2) is 11.8 Å². The Balaban J connectivity index is 1.08. The Hall–Kier alpha value is -1.60. The SMILES string of the molecule is CC1(C)CC(OC(=O)C2=COC(C3CCC4CC(C(=O)OC5CC(C)(C)NC(C)(C)C5)CCC4C3)CC2)CC(C)(C)N1. The largest absolute Gasteiger partial charge is 0.497 e. The van der Waals surface area contributed by atoms with Crippen LogP contribution in [0.3, 0.4) is 0 Å². The average molecular weight is 587 g/mol. The van der Waals surface area contributed by atoms with E-state index >= 15 is 0 Å². The summed E-state index contributed by atoms with van der Waals surface area (Å²) in [6.07, 6.45) is 13.2. The van der Waals surface area contributed by atoms with E-state index in [1.807, 2.05) is 0 Å². The molecule has 3 heterocycles. The second-order valence-electron chi connectivity index (χ2n) is 17.1. The zero-order valence-corrected chi connectivity index (χ0v) is 27.6. The van der Waals surface area contributed by atoms with E-state index in [0.717, 1.165) is 70.6 Å². The fourth-order valence-electron chi connectivity index (χ4n) is 9.68. The van der Waals surface area contributed by atoms with Crippen molar-refractivity contribution in [3.63, 3.8) is 0 Å². The van der Waals surface area contributed by atoms with Gasteiger partial charge in [0.15, 0.2) is 0 Å². The quantitative estimate of drug-likeness (QED) is 0.352. The van der Waals surface area contributed by atoms with Crippen LogP contribution in [-0.4, -0.2) is 52.4 Å². The van der Waals surface area contributed by atoms with Crippen molar-refractivity contribution in [2.75, 3.05) is 0 Å². The number of rotatable bonds is 5. The number of fused-ring (bicyclic) bond motifs is 1. The van der Waals surface area contributed by atoms with Crippen LogP contribution in [0.2, 0.25) is 0 Å². The molecule has 5 atom stereocenters. The molecule has 0 aromatic carbocycles. The third-order valence-corrected chi connectivity index (χ3v) is 10.7. The number of esters is 2. The highest BCUT2D eigenvalue weighted by atomic mass is 16.5. The third-order valence-electron chi connectivity index (χ3n) is 10.7. The molecule has 0 aromatic heterocycles. The lowest BCUT2D eigenvalue weighted by molar-refractivity contribution is -0.161. The molecule has 2 saturated heterocycles. The molecule has 0 spiro atoms. The highest BCUT2D eigenvalue weighted by molar-refractivity contribution is 5.88. The standard InChI is InChI=1S/C35H58N2O5/c1-32(2)17-27(18-33(3,4)36-32)41-30(38)25-12-10-22-15-24(11-9-23(22)16-25)29-14-13-26(21-40-29)31(39)42-28-19-34(5,6)37-35(7,8)20-28/h21-25,27-29,36-37H,9-20H2,1-8H3. The molecule has 42 heavy (non-hydrogen) atoms. The van der Waals surface area contributed by atoms with Crippen LogP contribution < -0.4 is 10.6 Å². The van der Waals surface area contributed by atoms with Crippen molar-refractivity contribution in [1.29, 1.82) is 0 Å². The molecule has 5 aliphatic rings. The van der Waals surface area contributed by atoms with Crippen LogP contribution in [0.25, 0.3) is 0 Å². The van der Waals surface area contributed by atoms with Crippen LogP contribution >= 0.6 is 0 Å². The second kappa shape index (κ2) is 11.7. The van der Waals surface area contributed by atoms with Gasteiger partial charge in [0.05, 0.1) is 17.8 Å². The molecule has 2 saturated carbocycles. The molecule has 238 valence electrons. The van der Waals surface area contributed by atoms with E-state index in [9.17, 15) is 9.59 Å². The maximum Gasteiger partial charge on any atom is 0.337 e. The minimum Gasteiger partial charge on any atom is -0.497 e. The Kier molecular flexibility index (Phi) is 8.88. The Morgan fingerprint density at radius 3 is 1.74 bits per heavy atom. The Morgan fingerprint density at radius 1 is 0.690 bits per heavy atom. The average Bonchev–Trinajstić information content (AvgIpc) is 2.84. The first-order valence-corrected chi connectivity index (χ1v) is 16.8. The van der Waals surface area contributed by atoms with Gasteiger partial charge in [-0.2, -0.15) is 0 Å². The van der Waals surface area contributed by atoms with Crippen LogP contribution in [0, 0.1) is 23.7 Å². The van der Waals surface area contributed by atoms with Crippen molar-refractivity contribution in [3.8, 4) is 0 Å². The fraction of sp³-hybridized carbons (Fsp3) is 0.886. The summed E-state index contributed by atoms with van der Waals surface area (Å²) in [6, 6.07) is 0. The van der Waals surface area contributed by atoms with Gasteiger partial charge in [-0.05, 0) is 125 Å². The first kappa shape index (κ1) is 31.8. The second-order valence-corrected chi connectivity index (χ2v) is 17.1. The fourth-order valence-corrected chi connectivity index (χ4v) is 9.68. The molecule has 5 unspecified atom stereocenters. The van der Waals surface area contributed by atoms with E-state index < -0.39 is 0 Å². The Bertz CT molecular complexity index is 1010. The van der Waals surface area contributed by atoms with Crippen LogP contribution in [0.5, 0.6) is 0 Å². The van der Waals surface area contributed by atoms with Crippen molar-refractivity contribution in [1.82, 2.24) is 10.6 Å². The van der Waals surface area contributed by atoms with Crippen molar-refractivity contribution >= 4 is 11.9 Å². The molecular weight excluding hydrogens is 528 g/mol. The normalized spacial score (nSPS) is 36.1. The van der Waals surface area contributed by atoms with Gasteiger partial charge in [-0.3, -0.25) is 4.79 Å². The van der Waals surface area contributed by atoms with Gasteiger partial charge in [0.2, 0.25) is 0 Å². The minimum atomic E-state index is -0.211. The van der Waals surface area contributed by atoms with Gasteiger partial charge in [0, 0.05) is 47.8 Å². The topological polar surface area (TPSA) is 85.9 Å². The molecule has 5 rings (SSSR count). The highest BCUT2D eigenvalue weighted by Crippen LogP contribution is 2.47. The number of carbonyl (C=O) groups is 2.